The Kier molecular flexibility index (Phi) is 9.41. The van der Waals surface area contributed by atoms with Crippen LogP contribution in [0.15, 0.2) is 30.6 Å². The third kappa shape index (κ3) is 8.15. The average molecular weight is 645 g/mol. The Hall–Kier alpha value is -4.08. The van der Waals surface area contributed by atoms with Crippen LogP contribution in [0, 0.1) is 23.0 Å². The summed E-state index contributed by atoms with van der Waals surface area (Å²) in [5, 5.41) is 5.26. The molecule has 12 nitrogen and oxygen atoms in total. The molecule has 1 aliphatic carbocycles. The van der Waals surface area contributed by atoms with Crippen LogP contribution in [0.3, 0.4) is 0 Å². The average Bonchev–Trinajstić information content (AvgIpc) is 3.74. The van der Waals surface area contributed by atoms with Gasteiger partial charge in [0.05, 0.1) is 24.2 Å². The number of aromatic nitrogens is 2. The molecule has 1 aromatic carbocycles. The summed E-state index contributed by atoms with van der Waals surface area (Å²) in [6, 6.07) is 3.55. The number of carbonyl (C=O) groups excluding carboxylic acids is 3. The quantitative estimate of drug-likeness (QED) is 0.127. The Balaban J connectivity index is 1.37. The second kappa shape index (κ2) is 13.1. The minimum Gasteiger partial charge on any atom is -0.450 e. The van der Waals surface area contributed by atoms with Crippen molar-refractivity contribution in [3.8, 4) is 11.5 Å². The summed E-state index contributed by atoms with van der Waals surface area (Å²) >= 11 is 0. The number of amides is 4. The van der Waals surface area contributed by atoms with E-state index in [0.29, 0.717) is 26.4 Å². The van der Waals surface area contributed by atoms with Crippen molar-refractivity contribution in [2.45, 2.75) is 52.2 Å². The molecule has 2 aliphatic rings. The van der Waals surface area contributed by atoms with Crippen LogP contribution in [0.5, 0.6) is 11.5 Å². The molecular weight excluding hydrogens is 606 g/mol. The first-order valence-corrected chi connectivity index (χ1v) is 18.5. The van der Waals surface area contributed by atoms with E-state index in [9.17, 15) is 14.4 Å². The molecule has 0 bridgehead atoms. The number of hydrogen-bond acceptors (Lipinski definition) is 7. The number of ether oxygens (including phenoxy) is 3. The van der Waals surface area contributed by atoms with E-state index < -0.39 is 37.4 Å². The Bertz CT molecular complexity index is 1580. The molecule has 1 saturated carbocycles. The Labute approximate surface area is 260 Å². The number of benzene rings is 1. The van der Waals surface area contributed by atoms with Gasteiger partial charge in [0.15, 0.2) is 17.4 Å². The molecule has 1 saturated heterocycles. The first-order valence-electron chi connectivity index (χ1n) is 14.8. The van der Waals surface area contributed by atoms with Crippen LogP contribution >= 0.6 is 0 Å². The highest BCUT2D eigenvalue weighted by Crippen LogP contribution is 2.36. The number of nitrogens with one attached hydrogen (secondary N) is 4. The summed E-state index contributed by atoms with van der Waals surface area (Å²) in [4.78, 5) is 42.1. The lowest BCUT2D eigenvalue weighted by atomic mass is 9.89. The Morgan fingerprint density at radius 3 is 2.47 bits per heavy atom. The number of rotatable bonds is 12. The second-order valence-electron chi connectivity index (χ2n) is 13.1. The maximum absolute atomic E-state index is 15.2. The van der Waals surface area contributed by atoms with E-state index in [1.165, 1.54) is 18.5 Å². The van der Waals surface area contributed by atoms with Crippen LogP contribution in [-0.4, -0.2) is 61.8 Å². The Morgan fingerprint density at radius 1 is 1.13 bits per heavy atom. The molecule has 1 aliphatic heterocycles. The molecular formula is C30H38F2N6O6Si. The molecule has 3 aromatic rings. The summed E-state index contributed by atoms with van der Waals surface area (Å²) in [5.74, 6) is -4.04. The zero-order valence-electron chi connectivity index (χ0n) is 25.7. The van der Waals surface area contributed by atoms with E-state index in [1.54, 1.807) is 4.57 Å². The van der Waals surface area contributed by atoms with Gasteiger partial charge in [0.2, 0.25) is 5.91 Å². The van der Waals surface area contributed by atoms with Gasteiger partial charge in [-0.05, 0) is 25.0 Å². The van der Waals surface area contributed by atoms with Crippen molar-refractivity contribution < 1.29 is 37.4 Å². The molecule has 4 N–H and O–H groups in total. The fraction of sp³-hybridized carbons (Fsp3) is 0.467. The number of carbonyl (C=O) groups is 3. The van der Waals surface area contributed by atoms with Gasteiger partial charge in [0.1, 0.15) is 18.1 Å². The topological polar surface area (TPSA) is 145 Å². The summed E-state index contributed by atoms with van der Waals surface area (Å²) in [5.41, 5.74) is 4.86. The number of nitrogens with zero attached hydrogens (tertiary/aromatic N) is 2. The van der Waals surface area contributed by atoms with Crippen molar-refractivity contribution in [1.29, 1.82) is 0 Å². The van der Waals surface area contributed by atoms with E-state index in [0.717, 1.165) is 31.0 Å². The van der Waals surface area contributed by atoms with Crippen LogP contribution in [0.1, 0.15) is 30.1 Å². The molecule has 242 valence electrons. The lowest BCUT2D eigenvalue weighted by Gasteiger charge is -2.37. The third-order valence-corrected chi connectivity index (χ3v) is 9.19. The minimum absolute atomic E-state index is 0.0493. The van der Waals surface area contributed by atoms with Gasteiger partial charge >= 0.3 is 6.03 Å². The molecule has 4 amide bonds. The molecule has 0 radical (unpaired) electrons. The second-order valence-corrected chi connectivity index (χ2v) is 18.7. The highest BCUT2D eigenvalue weighted by Gasteiger charge is 2.34. The van der Waals surface area contributed by atoms with Gasteiger partial charge in [-0.15, -0.1) is 0 Å². The molecule has 2 aromatic heterocycles. The summed E-state index contributed by atoms with van der Waals surface area (Å²) in [6.07, 6.45) is 4.38. The zero-order valence-corrected chi connectivity index (χ0v) is 26.7. The van der Waals surface area contributed by atoms with Gasteiger partial charge in [0.25, 0.3) is 5.91 Å². The Morgan fingerprint density at radius 2 is 1.84 bits per heavy atom. The first kappa shape index (κ1) is 32.3. The molecule has 15 heteroatoms. The van der Waals surface area contributed by atoms with Gasteiger partial charge in [-0.1, -0.05) is 26.6 Å². The highest BCUT2D eigenvalue weighted by atomic mass is 28.3. The number of anilines is 1. The fourth-order valence-electron chi connectivity index (χ4n) is 4.58. The van der Waals surface area contributed by atoms with Crippen LogP contribution in [-0.2, 0) is 21.0 Å². The number of halogens is 2. The SMILES string of the molecule is CC1(CNC(=O)Nc2cc(F)c(Oc3ccnc4c3c(C(=O)NNC(=O)C3CC3)cn4COCC[Si](C)(C)C)c(F)c2)COC1. The molecule has 45 heavy (non-hydrogen) atoms. The minimum atomic E-state index is -1.35. The van der Waals surface area contributed by atoms with E-state index >= 15 is 8.78 Å². The van der Waals surface area contributed by atoms with Crippen LogP contribution in [0.4, 0.5) is 19.3 Å². The smallest absolute Gasteiger partial charge is 0.319 e. The lowest BCUT2D eigenvalue weighted by Crippen LogP contribution is -2.49. The largest absolute Gasteiger partial charge is 0.450 e. The van der Waals surface area contributed by atoms with Gasteiger partial charge in [-0.25, -0.2) is 18.6 Å². The van der Waals surface area contributed by atoms with Crippen molar-refractivity contribution in [3.05, 3.63) is 47.8 Å². The van der Waals surface area contributed by atoms with Crippen LogP contribution < -0.4 is 26.2 Å². The van der Waals surface area contributed by atoms with Crippen molar-refractivity contribution in [3.63, 3.8) is 0 Å². The predicted molar refractivity (Wildman–Crippen MR) is 165 cm³/mol. The van der Waals surface area contributed by atoms with Crippen LogP contribution in [0.25, 0.3) is 11.0 Å². The van der Waals surface area contributed by atoms with Gasteiger partial charge in [0, 0.05) is 62.8 Å². The van der Waals surface area contributed by atoms with Gasteiger partial charge < -0.3 is 29.4 Å². The van der Waals surface area contributed by atoms with E-state index in [2.05, 4.69) is 46.1 Å². The van der Waals surface area contributed by atoms with Crippen molar-refractivity contribution in [2.24, 2.45) is 11.3 Å². The maximum atomic E-state index is 15.2. The summed E-state index contributed by atoms with van der Waals surface area (Å²) in [6.45, 7) is 10.6. The number of hydrazine groups is 1. The number of fused-ring (bicyclic) bond motifs is 1. The highest BCUT2D eigenvalue weighted by molar-refractivity contribution is 6.76. The number of urea groups is 1. The molecule has 3 heterocycles. The monoisotopic (exact) mass is 644 g/mol. The van der Waals surface area contributed by atoms with Crippen molar-refractivity contribution in [1.82, 2.24) is 25.7 Å². The molecule has 0 atom stereocenters. The summed E-state index contributed by atoms with van der Waals surface area (Å²) in [7, 11) is -1.35. The van der Waals surface area contributed by atoms with Crippen molar-refractivity contribution >= 4 is 42.6 Å². The predicted octanol–water partition coefficient (Wildman–Crippen LogP) is 4.75. The molecule has 2 fully saturated rings. The molecule has 5 rings (SSSR count). The number of hydrogen-bond donors (Lipinski definition) is 4. The maximum Gasteiger partial charge on any atom is 0.319 e. The standard InChI is InChI=1S/C30H38F2N6O6Si/c1-30(15-43-16-30)14-34-29(41)35-19-11-21(31)25(22(32)12-19)44-23-7-8-33-26-24(23)20(28(40)37-36-27(39)18-5-6-18)13-38(26)17-42-9-10-45(2,3)4/h7-8,11-13,18H,5-6,9-10,14-17H2,1-4H3,(H,36,39)(H,37,40)(H2,34,35,41). The molecule has 0 spiro atoms. The van der Waals surface area contributed by atoms with E-state index in [1.807, 2.05) is 6.92 Å². The first-order chi connectivity index (χ1) is 21.3. The van der Waals surface area contributed by atoms with Crippen molar-refractivity contribution in [2.75, 3.05) is 31.7 Å². The summed E-state index contributed by atoms with van der Waals surface area (Å²) < 4.78 is 48.8. The zero-order chi connectivity index (χ0) is 32.4. The van der Waals surface area contributed by atoms with E-state index in [4.69, 9.17) is 14.2 Å². The van der Waals surface area contributed by atoms with Crippen LogP contribution in [0.2, 0.25) is 25.7 Å². The number of pyridine rings is 1. The lowest BCUT2D eigenvalue weighted by molar-refractivity contribution is -0.123. The fourth-order valence-corrected chi connectivity index (χ4v) is 5.33. The normalized spacial score (nSPS) is 15.7. The van der Waals surface area contributed by atoms with E-state index in [-0.39, 0.29) is 52.0 Å². The van der Waals surface area contributed by atoms with Gasteiger partial charge in [-0.3, -0.25) is 20.4 Å². The third-order valence-electron chi connectivity index (χ3n) is 7.48. The van der Waals surface area contributed by atoms with Gasteiger partial charge in [-0.2, -0.15) is 0 Å². The molecule has 0 unspecified atom stereocenters.